The van der Waals surface area contributed by atoms with E-state index in [0.717, 1.165) is 70.8 Å². The van der Waals surface area contributed by atoms with Crippen LogP contribution in [0, 0.1) is 5.92 Å². The molecule has 0 aliphatic carbocycles. The minimum atomic E-state index is -0.326. The second kappa shape index (κ2) is 33.3. The molecule has 0 heterocycles. The predicted octanol–water partition coefficient (Wildman–Crippen LogP) is 11.6. The second-order valence-electron chi connectivity index (χ2n) is 13.8. The van der Waals surface area contributed by atoms with Crippen molar-refractivity contribution in [2.75, 3.05) is 27.2 Å². The molecular formula is C39H77NO4. The second-order valence-corrected chi connectivity index (χ2v) is 13.8. The Morgan fingerprint density at radius 3 is 1.36 bits per heavy atom. The molecule has 0 aliphatic rings. The van der Waals surface area contributed by atoms with Crippen LogP contribution in [-0.2, 0) is 19.1 Å². The summed E-state index contributed by atoms with van der Waals surface area (Å²) < 4.78 is 11.8. The SMILES string of the molecule is CCCCCCCCCCCCCC(COC(=O)C(CCCCC)CCCCCCCCCCC)OC(=O)CCCN(C)C. The van der Waals surface area contributed by atoms with E-state index in [-0.39, 0.29) is 30.6 Å². The maximum absolute atomic E-state index is 13.2. The molecule has 0 aromatic rings. The highest BCUT2D eigenvalue weighted by atomic mass is 16.6. The number of ether oxygens (including phenoxy) is 2. The van der Waals surface area contributed by atoms with Gasteiger partial charge in [-0.2, -0.15) is 0 Å². The summed E-state index contributed by atoms with van der Waals surface area (Å²) >= 11 is 0. The Bertz CT molecular complexity index is 623. The Kier molecular flexibility index (Phi) is 32.4. The number of nitrogens with zero attached hydrogens (tertiary/aromatic N) is 1. The molecule has 2 atom stereocenters. The van der Waals surface area contributed by atoms with Gasteiger partial charge in [0.1, 0.15) is 12.7 Å². The van der Waals surface area contributed by atoms with Gasteiger partial charge >= 0.3 is 11.9 Å². The van der Waals surface area contributed by atoms with Crippen LogP contribution >= 0.6 is 0 Å². The van der Waals surface area contributed by atoms with Crippen molar-refractivity contribution < 1.29 is 19.1 Å². The summed E-state index contributed by atoms with van der Waals surface area (Å²) in [6.07, 6.45) is 32.7. The van der Waals surface area contributed by atoms with Crippen molar-refractivity contribution in [3.8, 4) is 0 Å². The lowest BCUT2D eigenvalue weighted by Crippen LogP contribution is -2.28. The fourth-order valence-corrected chi connectivity index (χ4v) is 6.01. The molecule has 262 valence electrons. The molecule has 0 fully saturated rings. The summed E-state index contributed by atoms with van der Waals surface area (Å²) in [5, 5.41) is 0. The smallest absolute Gasteiger partial charge is 0.309 e. The molecule has 0 rings (SSSR count). The molecule has 0 aromatic heterocycles. The lowest BCUT2D eigenvalue weighted by molar-refractivity contribution is -0.162. The van der Waals surface area contributed by atoms with Crippen LogP contribution in [-0.4, -0.2) is 50.2 Å². The van der Waals surface area contributed by atoms with Gasteiger partial charge in [0, 0.05) is 6.42 Å². The van der Waals surface area contributed by atoms with Gasteiger partial charge in [-0.25, -0.2) is 0 Å². The quantitative estimate of drug-likeness (QED) is 0.0527. The summed E-state index contributed by atoms with van der Waals surface area (Å²) in [7, 11) is 4.04. The summed E-state index contributed by atoms with van der Waals surface area (Å²) in [6.45, 7) is 7.82. The van der Waals surface area contributed by atoms with Crippen LogP contribution in [0.2, 0.25) is 0 Å². The van der Waals surface area contributed by atoms with Gasteiger partial charge in [-0.15, -0.1) is 0 Å². The standard InChI is InChI=1S/C39H77NO4/c1-6-9-12-14-16-18-19-21-23-25-28-32-37(44-38(41)33-29-34-40(4)5)35-43-39(42)36(30-26-11-8-3)31-27-24-22-20-17-15-13-10-7-2/h36-37H,6-35H2,1-5H3. The minimum absolute atomic E-state index is 0.0236. The first kappa shape index (κ1) is 42.9. The van der Waals surface area contributed by atoms with Gasteiger partial charge in [0.05, 0.1) is 5.92 Å². The Balaban J connectivity index is 4.64. The average Bonchev–Trinajstić information content (AvgIpc) is 3.00. The van der Waals surface area contributed by atoms with Crippen molar-refractivity contribution in [2.45, 2.75) is 207 Å². The highest BCUT2D eigenvalue weighted by molar-refractivity contribution is 5.72. The molecule has 5 heteroatoms. The number of rotatable bonds is 34. The van der Waals surface area contributed by atoms with Crippen molar-refractivity contribution in [2.24, 2.45) is 5.92 Å². The van der Waals surface area contributed by atoms with Gasteiger partial charge in [-0.05, 0) is 52.7 Å². The van der Waals surface area contributed by atoms with E-state index < -0.39 is 0 Å². The van der Waals surface area contributed by atoms with E-state index in [9.17, 15) is 9.59 Å². The third-order valence-electron chi connectivity index (χ3n) is 8.97. The van der Waals surface area contributed by atoms with Gasteiger partial charge < -0.3 is 14.4 Å². The number of esters is 2. The molecule has 0 aromatic carbocycles. The summed E-state index contributed by atoms with van der Waals surface area (Å²) in [5.74, 6) is -0.261. The highest BCUT2D eigenvalue weighted by Gasteiger charge is 2.22. The molecule has 0 aliphatic heterocycles. The van der Waals surface area contributed by atoms with Gasteiger partial charge in [0.25, 0.3) is 0 Å². The molecule has 5 nitrogen and oxygen atoms in total. The minimum Gasteiger partial charge on any atom is -0.462 e. The van der Waals surface area contributed by atoms with E-state index in [0.29, 0.717) is 6.42 Å². The first-order chi connectivity index (χ1) is 21.4. The molecule has 44 heavy (non-hydrogen) atoms. The lowest BCUT2D eigenvalue weighted by atomic mass is 9.94. The monoisotopic (exact) mass is 624 g/mol. The lowest BCUT2D eigenvalue weighted by Gasteiger charge is -2.21. The van der Waals surface area contributed by atoms with Crippen molar-refractivity contribution in [3.63, 3.8) is 0 Å². The summed E-state index contributed by atoms with van der Waals surface area (Å²) in [6, 6.07) is 0. The molecule has 0 amide bonds. The highest BCUT2D eigenvalue weighted by Crippen LogP contribution is 2.21. The number of unbranched alkanes of at least 4 members (excludes halogenated alkanes) is 20. The zero-order valence-corrected chi connectivity index (χ0v) is 30.4. The third-order valence-corrected chi connectivity index (χ3v) is 8.97. The van der Waals surface area contributed by atoms with E-state index >= 15 is 0 Å². The van der Waals surface area contributed by atoms with E-state index in [2.05, 4.69) is 25.7 Å². The zero-order chi connectivity index (χ0) is 32.5. The number of carbonyl (C=O) groups is 2. The van der Waals surface area contributed by atoms with Gasteiger partial charge in [0.2, 0.25) is 0 Å². The van der Waals surface area contributed by atoms with E-state index in [1.807, 2.05) is 14.1 Å². The molecule has 0 bridgehead atoms. The molecule has 0 spiro atoms. The largest absolute Gasteiger partial charge is 0.462 e. The molecule has 0 radical (unpaired) electrons. The zero-order valence-electron chi connectivity index (χ0n) is 30.4. The first-order valence-electron chi connectivity index (χ1n) is 19.4. The van der Waals surface area contributed by atoms with E-state index in [4.69, 9.17) is 9.47 Å². The Morgan fingerprint density at radius 2 is 0.909 bits per heavy atom. The van der Waals surface area contributed by atoms with Crippen molar-refractivity contribution >= 4 is 11.9 Å². The molecule has 0 saturated carbocycles. The Labute approximate surface area is 275 Å². The number of hydrogen-bond donors (Lipinski definition) is 0. The molecular weight excluding hydrogens is 546 g/mol. The van der Waals surface area contributed by atoms with Crippen LogP contribution in [0.1, 0.15) is 201 Å². The van der Waals surface area contributed by atoms with E-state index in [1.54, 1.807) is 0 Å². The van der Waals surface area contributed by atoms with Crippen molar-refractivity contribution in [1.82, 2.24) is 4.90 Å². The Hall–Kier alpha value is -1.10. The predicted molar refractivity (Wildman–Crippen MR) is 189 cm³/mol. The molecule has 0 N–H and O–H groups in total. The van der Waals surface area contributed by atoms with Gasteiger partial charge in [-0.1, -0.05) is 162 Å². The summed E-state index contributed by atoms with van der Waals surface area (Å²) in [4.78, 5) is 27.9. The Morgan fingerprint density at radius 1 is 0.523 bits per heavy atom. The average molecular weight is 624 g/mol. The van der Waals surface area contributed by atoms with Crippen LogP contribution in [0.25, 0.3) is 0 Å². The van der Waals surface area contributed by atoms with Crippen LogP contribution in [0.15, 0.2) is 0 Å². The van der Waals surface area contributed by atoms with Gasteiger partial charge in [0.15, 0.2) is 0 Å². The number of hydrogen-bond acceptors (Lipinski definition) is 5. The van der Waals surface area contributed by atoms with Crippen LogP contribution in [0.3, 0.4) is 0 Å². The normalized spacial score (nSPS) is 12.9. The van der Waals surface area contributed by atoms with Crippen LogP contribution in [0.5, 0.6) is 0 Å². The third kappa shape index (κ3) is 29.6. The van der Waals surface area contributed by atoms with Gasteiger partial charge in [-0.3, -0.25) is 9.59 Å². The maximum atomic E-state index is 13.2. The first-order valence-corrected chi connectivity index (χ1v) is 19.4. The van der Waals surface area contributed by atoms with Crippen LogP contribution in [0.4, 0.5) is 0 Å². The fraction of sp³-hybridized carbons (Fsp3) is 0.949. The van der Waals surface area contributed by atoms with Crippen molar-refractivity contribution in [3.05, 3.63) is 0 Å². The fourth-order valence-electron chi connectivity index (χ4n) is 6.01. The number of carbonyl (C=O) groups excluding carboxylic acids is 2. The topological polar surface area (TPSA) is 55.8 Å². The maximum Gasteiger partial charge on any atom is 0.309 e. The van der Waals surface area contributed by atoms with Crippen LogP contribution < -0.4 is 0 Å². The van der Waals surface area contributed by atoms with E-state index in [1.165, 1.54) is 109 Å². The molecule has 2 unspecified atom stereocenters. The molecule has 0 saturated heterocycles. The summed E-state index contributed by atoms with van der Waals surface area (Å²) in [5.41, 5.74) is 0. The van der Waals surface area contributed by atoms with Crippen molar-refractivity contribution in [1.29, 1.82) is 0 Å².